The Bertz CT molecular complexity index is 469. The van der Waals surface area contributed by atoms with E-state index < -0.39 is 0 Å². The van der Waals surface area contributed by atoms with Gasteiger partial charge in [-0.1, -0.05) is 12.1 Å². The quantitative estimate of drug-likeness (QED) is 0.365. The molecule has 0 aromatic heterocycles. The number of rotatable bonds is 4. The van der Waals surface area contributed by atoms with Gasteiger partial charge in [-0.3, -0.25) is 15.1 Å². The predicted octanol–water partition coefficient (Wildman–Crippen LogP) is 1.42. The second-order valence-corrected chi connectivity index (χ2v) is 4.27. The zero-order valence-corrected chi connectivity index (χ0v) is 10.2. The molecule has 0 heterocycles. The monoisotopic (exact) mass is 248 g/mol. The lowest BCUT2D eigenvalue weighted by molar-refractivity contribution is -0.384. The van der Waals surface area contributed by atoms with E-state index in [2.05, 4.69) is 15.6 Å². The second-order valence-electron chi connectivity index (χ2n) is 4.27. The van der Waals surface area contributed by atoms with Crippen LogP contribution in [0.5, 0.6) is 0 Å². The molecule has 1 aliphatic carbocycles. The average Bonchev–Trinajstić information content (AvgIpc) is 3.18. The smallest absolute Gasteiger partial charge is 0.269 e. The summed E-state index contributed by atoms with van der Waals surface area (Å²) in [6.45, 7) is 0.522. The van der Waals surface area contributed by atoms with Crippen LogP contribution in [-0.4, -0.2) is 24.0 Å². The van der Waals surface area contributed by atoms with Crippen LogP contribution in [0.2, 0.25) is 0 Å². The second kappa shape index (κ2) is 5.48. The third-order valence-electron chi connectivity index (χ3n) is 2.72. The molecule has 0 unspecified atom stereocenters. The van der Waals surface area contributed by atoms with E-state index in [0.717, 1.165) is 11.5 Å². The Labute approximate surface area is 105 Å². The number of hydrogen-bond acceptors (Lipinski definition) is 3. The van der Waals surface area contributed by atoms with Gasteiger partial charge in [0.05, 0.1) is 4.92 Å². The first-order valence-corrected chi connectivity index (χ1v) is 5.89. The highest BCUT2D eigenvalue weighted by Crippen LogP contribution is 2.18. The van der Waals surface area contributed by atoms with Gasteiger partial charge in [0.15, 0.2) is 5.96 Å². The third-order valence-corrected chi connectivity index (χ3v) is 2.72. The molecule has 2 rings (SSSR count). The summed E-state index contributed by atoms with van der Waals surface area (Å²) >= 11 is 0. The third kappa shape index (κ3) is 3.44. The molecule has 1 aromatic carbocycles. The molecule has 96 valence electrons. The normalized spacial score (nSPS) is 15.3. The minimum atomic E-state index is -0.388. The van der Waals surface area contributed by atoms with E-state index in [-0.39, 0.29) is 10.6 Å². The summed E-state index contributed by atoms with van der Waals surface area (Å²) in [6.07, 6.45) is 2.36. The molecule has 0 radical (unpaired) electrons. The van der Waals surface area contributed by atoms with Gasteiger partial charge < -0.3 is 10.6 Å². The predicted molar refractivity (Wildman–Crippen MR) is 69.5 cm³/mol. The van der Waals surface area contributed by atoms with E-state index >= 15 is 0 Å². The highest BCUT2D eigenvalue weighted by Gasteiger charge is 2.22. The van der Waals surface area contributed by atoms with Crippen molar-refractivity contribution in [3.8, 4) is 0 Å². The fraction of sp³-hybridized carbons (Fsp3) is 0.417. The standard InChI is InChI=1S/C12H16N4O2/c1-13-12(15-10-5-6-10)14-8-9-3-2-4-11(7-9)16(17)18/h2-4,7,10H,5-6,8H2,1H3,(H2,13,14,15). The van der Waals surface area contributed by atoms with Crippen molar-refractivity contribution in [1.29, 1.82) is 0 Å². The Morgan fingerprint density at radius 3 is 2.94 bits per heavy atom. The maximum atomic E-state index is 10.7. The number of benzene rings is 1. The number of non-ortho nitro benzene ring substituents is 1. The maximum absolute atomic E-state index is 10.7. The van der Waals surface area contributed by atoms with Gasteiger partial charge in [-0.25, -0.2) is 0 Å². The number of nitro benzene ring substituents is 1. The number of nitrogens with zero attached hydrogens (tertiary/aromatic N) is 2. The van der Waals surface area contributed by atoms with Gasteiger partial charge in [0, 0.05) is 31.8 Å². The molecule has 0 spiro atoms. The number of hydrogen-bond donors (Lipinski definition) is 2. The van der Waals surface area contributed by atoms with Crippen LogP contribution in [-0.2, 0) is 6.54 Å². The summed E-state index contributed by atoms with van der Waals surface area (Å²) in [5.74, 6) is 0.740. The Morgan fingerprint density at radius 1 is 1.56 bits per heavy atom. The lowest BCUT2D eigenvalue weighted by atomic mass is 10.2. The molecule has 6 nitrogen and oxygen atoms in total. The van der Waals surface area contributed by atoms with E-state index in [1.807, 2.05) is 6.07 Å². The molecule has 0 bridgehead atoms. The molecule has 0 amide bonds. The summed E-state index contributed by atoms with van der Waals surface area (Å²) in [5, 5.41) is 17.0. The first-order chi connectivity index (χ1) is 8.69. The molecule has 1 saturated carbocycles. The van der Waals surface area contributed by atoms with Crippen LogP contribution in [0.25, 0.3) is 0 Å². The molecule has 1 fully saturated rings. The number of nitro groups is 1. The first-order valence-electron chi connectivity index (χ1n) is 5.89. The van der Waals surface area contributed by atoms with Crippen LogP contribution in [0.4, 0.5) is 5.69 Å². The average molecular weight is 248 g/mol. The topological polar surface area (TPSA) is 79.6 Å². The molecule has 1 aromatic rings. The van der Waals surface area contributed by atoms with Crippen molar-refractivity contribution in [2.75, 3.05) is 7.05 Å². The van der Waals surface area contributed by atoms with Crippen molar-refractivity contribution in [1.82, 2.24) is 10.6 Å². The van der Waals surface area contributed by atoms with Crippen molar-refractivity contribution < 1.29 is 4.92 Å². The van der Waals surface area contributed by atoms with E-state index in [9.17, 15) is 10.1 Å². The summed E-state index contributed by atoms with van der Waals surface area (Å²) in [4.78, 5) is 14.4. The van der Waals surface area contributed by atoms with E-state index in [1.165, 1.54) is 18.9 Å². The van der Waals surface area contributed by atoms with Crippen molar-refractivity contribution in [3.63, 3.8) is 0 Å². The van der Waals surface area contributed by atoms with Gasteiger partial charge in [0.1, 0.15) is 0 Å². The summed E-state index contributed by atoms with van der Waals surface area (Å²) in [7, 11) is 1.71. The SMILES string of the molecule is CN=C(NCc1cccc([N+](=O)[O-])c1)NC1CC1. The molecular formula is C12H16N4O2. The van der Waals surface area contributed by atoms with Crippen LogP contribution in [0.15, 0.2) is 29.3 Å². The molecular weight excluding hydrogens is 232 g/mol. The van der Waals surface area contributed by atoms with Gasteiger partial charge in [0.2, 0.25) is 0 Å². The Kier molecular flexibility index (Phi) is 3.76. The molecule has 0 atom stereocenters. The molecule has 18 heavy (non-hydrogen) atoms. The molecule has 0 aliphatic heterocycles. The summed E-state index contributed by atoms with van der Waals surface area (Å²) in [6, 6.07) is 7.12. The minimum absolute atomic E-state index is 0.111. The highest BCUT2D eigenvalue weighted by molar-refractivity contribution is 5.80. The molecule has 1 aliphatic rings. The van der Waals surface area contributed by atoms with E-state index in [1.54, 1.807) is 19.2 Å². The Hall–Kier alpha value is -2.11. The number of aliphatic imine (C=N–C) groups is 1. The van der Waals surface area contributed by atoms with Crippen molar-refractivity contribution in [2.24, 2.45) is 4.99 Å². The molecule has 0 saturated heterocycles. The van der Waals surface area contributed by atoms with Crippen LogP contribution in [0, 0.1) is 10.1 Å². The lowest BCUT2D eigenvalue weighted by Gasteiger charge is -2.10. The van der Waals surface area contributed by atoms with Crippen LogP contribution in [0.1, 0.15) is 18.4 Å². The van der Waals surface area contributed by atoms with Crippen LogP contribution in [0.3, 0.4) is 0 Å². The zero-order chi connectivity index (χ0) is 13.0. The van der Waals surface area contributed by atoms with Crippen molar-refractivity contribution in [2.45, 2.75) is 25.4 Å². The number of guanidine groups is 1. The summed E-state index contributed by atoms with van der Waals surface area (Å²) in [5.41, 5.74) is 0.974. The molecule has 6 heteroatoms. The van der Waals surface area contributed by atoms with Gasteiger partial charge in [-0.05, 0) is 18.4 Å². The summed E-state index contributed by atoms with van der Waals surface area (Å²) < 4.78 is 0. The van der Waals surface area contributed by atoms with E-state index in [4.69, 9.17) is 0 Å². The Morgan fingerprint density at radius 2 is 2.33 bits per heavy atom. The maximum Gasteiger partial charge on any atom is 0.269 e. The number of nitrogens with one attached hydrogen (secondary N) is 2. The van der Waals surface area contributed by atoms with Gasteiger partial charge in [-0.2, -0.15) is 0 Å². The van der Waals surface area contributed by atoms with Gasteiger partial charge in [0.25, 0.3) is 5.69 Å². The largest absolute Gasteiger partial charge is 0.354 e. The minimum Gasteiger partial charge on any atom is -0.354 e. The highest BCUT2D eigenvalue weighted by atomic mass is 16.6. The molecule has 2 N–H and O–H groups in total. The zero-order valence-electron chi connectivity index (χ0n) is 10.2. The van der Waals surface area contributed by atoms with Crippen LogP contribution < -0.4 is 10.6 Å². The fourth-order valence-corrected chi connectivity index (χ4v) is 1.58. The van der Waals surface area contributed by atoms with Crippen molar-refractivity contribution in [3.05, 3.63) is 39.9 Å². The Balaban J connectivity index is 1.92. The van der Waals surface area contributed by atoms with E-state index in [0.29, 0.717) is 12.6 Å². The first kappa shape index (κ1) is 12.3. The van der Waals surface area contributed by atoms with Gasteiger partial charge in [-0.15, -0.1) is 0 Å². The lowest BCUT2D eigenvalue weighted by Crippen LogP contribution is -2.38. The van der Waals surface area contributed by atoms with Gasteiger partial charge >= 0.3 is 0 Å². The van der Waals surface area contributed by atoms with Crippen molar-refractivity contribution >= 4 is 11.6 Å². The van der Waals surface area contributed by atoms with Crippen LogP contribution >= 0.6 is 0 Å². The fourth-order valence-electron chi connectivity index (χ4n) is 1.58.